The van der Waals surface area contributed by atoms with Crippen LogP contribution in [0.25, 0.3) is 0 Å². The minimum atomic E-state index is -1.16. The minimum absolute atomic E-state index is 0.0152. The number of fused-ring (bicyclic) bond motifs is 1. The van der Waals surface area contributed by atoms with Gasteiger partial charge in [-0.25, -0.2) is 4.79 Å². The molecule has 0 bridgehead atoms. The van der Waals surface area contributed by atoms with Gasteiger partial charge in [-0.2, -0.15) is 4.91 Å². The Labute approximate surface area is 154 Å². The van der Waals surface area contributed by atoms with Crippen LogP contribution in [0.15, 0.2) is 15.8 Å². The number of nitrogens with one attached hydrogen (secondary N) is 1. The quantitative estimate of drug-likeness (QED) is 0.268. The van der Waals surface area contributed by atoms with Crippen LogP contribution >= 0.6 is 11.8 Å². The number of carbonyl (C=O) groups excluding carboxylic acids is 1. The van der Waals surface area contributed by atoms with E-state index < -0.39 is 18.0 Å². The van der Waals surface area contributed by atoms with E-state index in [1.807, 2.05) is 4.90 Å². The van der Waals surface area contributed by atoms with Gasteiger partial charge in [0.2, 0.25) is 5.91 Å². The molecule has 0 aromatic carbocycles. The van der Waals surface area contributed by atoms with E-state index in [0.717, 1.165) is 0 Å². The summed E-state index contributed by atoms with van der Waals surface area (Å²) in [6.07, 6.45) is 0.840. The molecule has 3 rings (SSSR count). The van der Waals surface area contributed by atoms with Gasteiger partial charge in [0.25, 0.3) is 0 Å². The van der Waals surface area contributed by atoms with Gasteiger partial charge in [0.1, 0.15) is 11.5 Å². The normalized spacial score (nSPS) is 27.2. The van der Waals surface area contributed by atoms with Crippen molar-refractivity contribution in [3.63, 3.8) is 0 Å². The Morgan fingerprint density at radius 2 is 2.08 bits per heavy atom. The first-order chi connectivity index (χ1) is 12.3. The fourth-order valence-corrected chi connectivity index (χ4v) is 4.95. The number of carbonyl (C=O) groups is 2. The molecule has 3 heterocycles. The predicted octanol–water partition coefficient (Wildman–Crippen LogP) is 0.835. The fourth-order valence-electron chi connectivity index (χ4n) is 3.85. The lowest BCUT2D eigenvalue weighted by Gasteiger charge is -2.44. The van der Waals surface area contributed by atoms with E-state index in [0.29, 0.717) is 48.8 Å². The molecule has 3 aliphatic rings. The number of amidine groups is 1. The zero-order valence-electron chi connectivity index (χ0n) is 14.4. The first-order valence-corrected chi connectivity index (χ1v) is 9.59. The second kappa shape index (κ2) is 7.36. The van der Waals surface area contributed by atoms with E-state index in [-0.39, 0.29) is 23.7 Å². The standard InChI is InChI=1S/C16H22N4O5S/c1-8(21)13-10-6-11(14(16(23)24)20(10)15(13)22)26-7-12(17)19-4-2-9(18-25)3-5-19/h8-10,13,17,21H,2-7H2,1H3,(H,23,24)/t8-,10-,13-/m1/s1. The predicted molar refractivity (Wildman–Crippen MR) is 95.7 cm³/mol. The zero-order chi connectivity index (χ0) is 19.0. The molecule has 1 amide bonds. The summed E-state index contributed by atoms with van der Waals surface area (Å²) >= 11 is 1.26. The lowest BCUT2D eigenvalue weighted by molar-refractivity contribution is -0.161. The molecule has 3 N–H and O–H groups in total. The van der Waals surface area contributed by atoms with Crippen molar-refractivity contribution >= 4 is 29.5 Å². The summed E-state index contributed by atoms with van der Waals surface area (Å²) in [4.78, 5) is 38.1. The number of aliphatic hydroxyl groups is 1. The van der Waals surface area contributed by atoms with Crippen LogP contribution in [0.1, 0.15) is 26.2 Å². The third-order valence-electron chi connectivity index (χ3n) is 5.27. The van der Waals surface area contributed by atoms with E-state index in [9.17, 15) is 24.7 Å². The Morgan fingerprint density at radius 1 is 1.42 bits per heavy atom. The molecule has 0 aromatic rings. The van der Waals surface area contributed by atoms with Crippen LogP contribution in [-0.4, -0.2) is 74.8 Å². The maximum Gasteiger partial charge on any atom is 0.353 e. The van der Waals surface area contributed by atoms with Crippen molar-refractivity contribution in [3.05, 3.63) is 15.5 Å². The summed E-state index contributed by atoms with van der Waals surface area (Å²) in [6, 6.07) is -0.491. The van der Waals surface area contributed by atoms with Crippen molar-refractivity contribution in [1.82, 2.24) is 9.80 Å². The number of carboxylic acids is 1. The smallest absolute Gasteiger partial charge is 0.353 e. The SMILES string of the molecule is C[C@@H](O)[C@H]1C(=O)N2C(C(=O)O)=C(SCC(=N)N3CCC(N=O)CC3)C[C@H]12. The number of nitrogens with zero attached hydrogens (tertiary/aromatic N) is 3. The molecule has 9 nitrogen and oxygen atoms in total. The summed E-state index contributed by atoms with van der Waals surface area (Å²) in [7, 11) is 0. The minimum Gasteiger partial charge on any atom is -0.477 e. The van der Waals surface area contributed by atoms with Gasteiger partial charge >= 0.3 is 5.97 Å². The third kappa shape index (κ3) is 3.23. The molecule has 0 radical (unpaired) electrons. The molecule has 3 aliphatic heterocycles. The van der Waals surface area contributed by atoms with Crippen LogP contribution in [0.5, 0.6) is 0 Å². The number of aliphatic hydroxyl groups excluding tert-OH is 1. The highest BCUT2D eigenvalue weighted by atomic mass is 32.2. The zero-order valence-corrected chi connectivity index (χ0v) is 15.2. The monoisotopic (exact) mass is 382 g/mol. The number of piperidine rings is 1. The Bertz CT molecular complexity index is 672. The third-order valence-corrected chi connectivity index (χ3v) is 6.40. The van der Waals surface area contributed by atoms with Crippen LogP contribution in [0.4, 0.5) is 0 Å². The second-order valence-corrected chi connectivity index (χ2v) is 7.95. The fraction of sp³-hybridized carbons (Fsp3) is 0.688. The molecule has 142 valence electrons. The van der Waals surface area contributed by atoms with E-state index in [1.54, 1.807) is 6.92 Å². The van der Waals surface area contributed by atoms with Gasteiger partial charge in [-0.05, 0) is 19.8 Å². The number of nitroso groups, excluding NO2 is 1. The van der Waals surface area contributed by atoms with Gasteiger partial charge in [-0.15, -0.1) is 11.8 Å². The molecule has 0 saturated carbocycles. The molecule has 2 saturated heterocycles. The Kier molecular flexibility index (Phi) is 5.33. The Balaban J connectivity index is 1.62. The highest BCUT2D eigenvalue weighted by Crippen LogP contribution is 2.47. The number of likely N-dealkylation sites (tertiary alicyclic amines) is 1. The number of hydrogen-bond donors (Lipinski definition) is 3. The number of rotatable bonds is 6. The summed E-state index contributed by atoms with van der Waals surface area (Å²) in [5.74, 6) is -1.38. The highest BCUT2D eigenvalue weighted by Gasteiger charge is 2.56. The number of aliphatic carboxylic acids is 1. The van der Waals surface area contributed by atoms with Crippen molar-refractivity contribution in [2.24, 2.45) is 11.1 Å². The van der Waals surface area contributed by atoms with Crippen molar-refractivity contribution in [2.75, 3.05) is 18.8 Å². The molecule has 0 aliphatic carbocycles. The summed E-state index contributed by atoms with van der Waals surface area (Å²) in [5, 5.41) is 30.5. The van der Waals surface area contributed by atoms with Crippen molar-refractivity contribution < 1.29 is 19.8 Å². The molecule has 2 fully saturated rings. The van der Waals surface area contributed by atoms with Gasteiger partial charge in [0.15, 0.2) is 0 Å². The molecule has 26 heavy (non-hydrogen) atoms. The van der Waals surface area contributed by atoms with Gasteiger partial charge in [0.05, 0.1) is 29.9 Å². The van der Waals surface area contributed by atoms with Crippen LogP contribution in [-0.2, 0) is 9.59 Å². The van der Waals surface area contributed by atoms with Gasteiger partial charge < -0.3 is 20.0 Å². The average Bonchev–Trinajstić information content (AvgIpc) is 2.93. The second-order valence-electron chi connectivity index (χ2n) is 6.88. The van der Waals surface area contributed by atoms with E-state index in [4.69, 9.17) is 5.41 Å². The molecule has 0 spiro atoms. The number of β-lactam (4-membered cyclic amide) rings is 1. The molecular formula is C16H22N4O5S. The van der Waals surface area contributed by atoms with Crippen LogP contribution in [0.3, 0.4) is 0 Å². The van der Waals surface area contributed by atoms with Crippen molar-refractivity contribution in [2.45, 2.75) is 44.4 Å². The van der Waals surface area contributed by atoms with Gasteiger partial charge in [0, 0.05) is 24.4 Å². The van der Waals surface area contributed by atoms with Gasteiger partial charge in [-0.3, -0.25) is 10.2 Å². The summed E-state index contributed by atoms with van der Waals surface area (Å²) in [5.41, 5.74) is -0.0152. The average molecular weight is 382 g/mol. The molecule has 0 aromatic heterocycles. The molecule has 0 unspecified atom stereocenters. The lowest BCUT2D eigenvalue weighted by Crippen LogP contribution is -2.61. The molecule has 10 heteroatoms. The van der Waals surface area contributed by atoms with Crippen LogP contribution in [0.2, 0.25) is 0 Å². The van der Waals surface area contributed by atoms with Crippen molar-refractivity contribution in [1.29, 1.82) is 5.41 Å². The Hall–Kier alpha value is -1.94. The number of thioether (sulfide) groups is 1. The maximum absolute atomic E-state index is 12.2. The number of amides is 1. The first kappa shape index (κ1) is 18.8. The maximum atomic E-state index is 12.2. The van der Waals surface area contributed by atoms with Crippen molar-refractivity contribution in [3.8, 4) is 0 Å². The number of carboxylic acid groups (broad SMARTS) is 1. The van der Waals surface area contributed by atoms with Crippen LogP contribution < -0.4 is 0 Å². The molecular weight excluding hydrogens is 360 g/mol. The van der Waals surface area contributed by atoms with Crippen LogP contribution in [0, 0.1) is 16.2 Å². The topological polar surface area (TPSA) is 134 Å². The lowest BCUT2D eigenvalue weighted by atomic mass is 9.83. The summed E-state index contributed by atoms with van der Waals surface area (Å²) in [6.45, 7) is 2.73. The van der Waals surface area contributed by atoms with E-state index >= 15 is 0 Å². The van der Waals surface area contributed by atoms with E-state index in [1.165, 1.54) is 16.7 Å². The summed E-state index contributed by atoms with van der Waals surface area (Å²) < 4.78 is 0. The molecule has 3 atom stereocenters. The Morgan fingerprint density at radius 3 is 2.62 bits per heavy atom. The van der Waals surface area contributed by atoms with Gasteiger partial charge in [-0.1, -0.05) is 5.18 Å². The number of hydrogen-bond acceptors (Lipinski definition) is 7. The highest BCUT2D eigenvalue weighted by molar-refractivity contribution is 8.03. The first-order valence-electron chi connectivity index (χ1n) is 8.60. The largest absolute Gasteiger partial charge is 0.477 e. The van der Waals surface area contributed by atoms with E-state index in [2.05, 4.69) is 5.18 Å².